The number of aryl methyl sites for hydroxylation is 1. The number of aliphatic hydroxyl groups is 1. The van der Waals surface area contributed by atoms with Gasteiger partial charge >= 0.3 is 0 Å². The second-order valence-electron chi connectivity index (χ2n) is 6.18. The Kier molecular flexibility index (Phi) is 5.52. The number of rotatable bonds is 6. The second-order valence-corrected chi connectivity index (χ2v) is 7.89. The van der Waals surface area contributed by atoms with Gasteiger partial charge in [0.25, 0.3) is 0 Å². The van der Waals surface area contributed by atoms with Gasteiger partial charge in [-0.15, -0.1) is 0 Å². The summed E-state index contributed by atoms with van der Waals surface area (Å²) in [6.45, 7) is 1.90. The van der Waals surface area contributed by atoms with Crippen LogP contribution in [-0.4, -0.2) is 13.5 Å². The van der Waals surface area contributed by atoms with Crippen LogP contribution in [0.2, 0.25) is 0 Å². The smallest absolute Gasteiger partial charge is 0.241 e. The standard InChI is InChI=1S/C21H21NO3S/c1-16-12-14-19(15-13-16)26(24,25)22-20(17-8-4-2-5-9-17)21(23)18-10-6-3-7-11-18/h2-15,20-23H,1H3/t20-,21-/m0/s1. The predicted molar refractivity (Wildman–Crippen MR) is 102 cm³/mol. The second kappa shape index (κ2) is 7.83. The van der Waals surface area contributed by atoms with Gasteiger partial charge in [-0.25, -0.2) is 13.1 Å². The molecule has 2 atom stereocenters. The van der Waals surface area contributed by atoms with Crippen LogP contribution in [0.4, 0.5) is 0 Å². The number of hydrogen-bond donors (Lipinski definition) is 2. The molecule has 5 heteroatoms. The average Bonchev–Trinajstić information content (AvgIpc) is 2.67. The number of hydrogen-bond acceptors (Lipinski definition) is 3. The van der Waals surface area contributed by atoms with Crippen molar-refractivity contribution >= 4 is 10.0 Å². The molecule has 0 amide bonds. The van der Waals surface area contributed by atoms with Crippen LogP contribution in [-0.2, 0) is 10.0 Å². The third-order valence-corrected chi connectivity index (χ3v) is 5.69. The number of aliphatic hydroxyl groups excluding tert-OH is 1. The van der Waals surface area contributed by atoms with Crippen LogP contribution < -0.4 is 4.72 Å². The Bertz CT molecular complexity index is 940. The molecule has 0 unspecified atom stereocenters. The predicted octanol–water partition coefficient (Wildman–Crippen LogP) is 3.75. The van der Waals surface area contributed by atoms with Crippen molar-refractivity contribution in [3.05, 3.63) is 102 Å². The highest BCUT2D eigenvalue weighted by molar-refractivity contribution is 7.89. The van der Waals surface area contributed by atoms with Crippen molar-refractivity contribution < 1.29 is 13.5 Å². The van der Waals surface area contributed by atoms with E-state index in [4.69, 9.17) is 0 Å². The first kappa shape index (κ1) is 18.3. The Hall–Kier alpha value is -2.47. The van der Waals surface area contributed by atoms with Gasteiger partial charge in [0, 0.05) is 0 Å². The lowest BCUT2D eigenvalue weighted by molar-refractivity contribution is 0.139. The molecule has 26 heavy (non-hydrogen) atoms. The van der Waals surface area contributed by atoms with Crippen LogP contribution >= 0.6 is 0 Å². The third-order valence-electron chi connectivity index (χ3n) is 4.23. The molecule has 0 radical (unpaired) electrons. The van der Waals surface area contributed by atoms with Crippen molar-refractivity contribution in [1.82, 2.24) is 4.72 Å². The first-order valence-electron chi connectivity index (χ1n) is 8.34. The maximum Gasteiger partial charge on any atom is 0.241 e. The zero-order valence-electron chi connectivity index (χ0n) is 14.4. The molecule has 0 aliphatic rings. The molecule has 0 saturated carbocycles. The molecule has 134 valence electrons. The number of benzene rings is 3. The van der Waals surface area contributed by atoms with E-state index in [0.717, 1.165) is 5.56 Å². The summed E-state index contributed by atoms with van der Waals surface area (Å²) in [5, 5.41) is 10.9. The van der Waals surface area contributed by atoms with Crippen LogP contribution in [0.5, 0.6) is 0 Å². The van der Waals surface area contributed by atoms with E-state index in [0.29, 0.717) is 11.1 Å². The fraction of sp³-hybridized carbons (Fsp3) is 0.143. The zero-order chi connectivity index (χ0) is 18.6. The van der Waals surface area contributed by atoms with E-state index in [1.54, 1.807) is 48.5 Å². The molecule has 4 nitrogen and oxygen atoms in total. The Balaban J connectivity index is 1.97. The summed E-state index contributed by atoms with van der Waals surface area (Å²) in [6, 6.07) is 24.0. The van der Waals surface area contributed by atoms with Crippen molar-refractivity contribution in [1.29, 1.82) is 0 Å². The third kappa shape index (κ3) is 4.19. The highest BCUT2D eigenvalue weighted by Gasteiger charge is 2.28. The molecule has 0 saturated heterocycles. The van der Waals surface area contributed by atoms with Gasteiger partial charge < -0.3 is 5.11 Å². The number of sulfonamides is 1. The molecule has 0 fully saturated rings. The summed E-state index contributed by atoms with van der Waals surface area (Å²) >= 11 is 0. The Morgan fingerprint density at radius 1 is 0.769 bits per heavy atom. The first-order valence-corrected chi connectivity index (χ1v) is 9.83. The minimum Gasteiger partial charge on any atom is -0.386 e. The molecule has 0 aromatic heterocycles. The summed E-state index contributed by atoms with van der Waals surface area (Å²) in [7, 11) is -3.79. The Morgan fingerprint density at radius 3 is 1.81 bits per heavy atom. The highest BCUT2D eigenvalue weighted by atomic mass is 32.2. The molecular weight excluding hydrogens is 346 g/mol. The van der Waals surface area contributed by atoms with Gasteiger partial charge in [-0.2, -0.15) is 0 Å². The summed E-state index contributed by atoms with van der Waals surface area (Å²) in [5.41, 5.74) is 2.32. The molecule has 0 bridgehead atoms. The van der Waals surface area contributed by atoms with Crippen molar-refractivity contribution in [2.24, 2.45) is 0 Å². The lowest BCUT2D eigenvalue weighted by Crippen LogP contribution is -2.32. The minimum atomic E-state index is -3.79. The molecule has 3 aromatic rings. The van der Waals surface area contributed by atoms with Crippen molar-refractivity contribution in [3.63, 3.8) is 0 Å². The lowest BCUT2D eigenvalue weighted by Gasteiger charge is -2.25. The van der Waals surface area contributed by atoms with Crippen molar-refractivity contribution in [3.8, 4) is 0 Å². The first-order chi connectivity index (χ1) is 12.5. The van der Waals surface area contributed by atoms with E-state index in [1.165, 1.54) is 0 Å². The quantitative estimate of drug-likeness (QED) is 0.697. The fourth-order valence-corrected chi connectivity index (χ4v) is 4.00. The van der Waals surface area contributed by atoms with Crippen LogP contribution in [0.3, 0.4) is 0 Å². The van der Waals surface area contributed by atoms with Crippen molar-refractivity contribution in [2.75, 3.05) is 0 Å². The van der Waals surface area contributed by atoms with Gasteiger partial charge in [0.2, 0.25) is 10.0 Å². The lowest BCUT2D eigenvalue weighted by atomic mass is 9.97. The molecule has 3 aromatic carbocycles. The van der Waals surface area contributed by atoms with Crippen LogP contribution in [0, 0.1) is 6.92 Å². The zero-order valence-corrected chi connectivity index (χ0v) is 15.2. The average molecular weight is 367 g/mol. The van der Waals surface area contributed by atoms with Gasteiger partial charge in [0.05, 0.1) is 17.0 Å². The van der Waals surface area contributed by atoms with Gasteiger partial charge in [-0.05, 0) is 30.2 Å². The van der Waals surface area contributed by atoms with Crippen LogP contribution in [0.25, 0.3) is 0 Å². The van der Waals surface area contributed by atoms with Crippen molar-refractivity contribution in [2.45, 2.75) is 24.0 Å². The normalized spacial score (nSPS) is 13.9. The van der Waals surface area contributed by atoms with E-state index >= 15 is 0 Å². The maximum absolute atomic E-state index is 12.8. The molecule has 0 heterocycles. The monoisotopic (exact) mass is 367 g/mol. The molecule has 0 aliphatic carbocycles. The number of nitrogens with one attached hydrogen (secondary N) is 1. The summed E-state index contributed by atoms with van der Waals surface area (Å²) in [4.78, 5) is 0.171. The largest absolute Gasteiger partial charge is 0.386 e. The molecule has 0 aliphatic heterocycles. The van der Waals surface area contributed by atoms with E-state index in [-0.39, 0.29) is 4.90 Å². The fourth-order valence-electron chi connectivity index (χ4n) is 2.77. The van der Waals surface area contributed by atoms with Crippen LogP contribution in [0.15, 0.2) is 89.8 Å². The summed E-state index contributed by atoms with van der Waals surface area (Å²) < 4.78 is 28.3. The Labute approximate surface area is 154 Å². The van der Waals surface area contributed by atoms with Gasteiger partial charge in [-0.1, -0.05) is 78.4 Å². The summed E-state index contributed by atoms with van der Waals surface area (Å²) in [5.74, 6) is 0. The van der Waals surface area contributed by atoms with Gasteiger partial charge in [0.15, 0.2) is 0 Å². The summed E-state index contributed by atoms with van der Waals surface area (Å²) in [6.07, 6.45) is -1.01. The minimum absolute atomic E-state index is 0.171. The van der Waals surface area contributed by atoms with Crippen LogP contribution in [0.1, 0.15) is 28.8 Å². The van der Waals surface area contributed by atoms with E-state index < -0.39 is 22.2 Å². The van der Waals surface area contributed by atoms with E-state index in [9.17, 15) is 13.5 Å². The Morgan fingerprint density at radius 2 is 1.27 bits per heavy atom. The topological polar surface area (TPSA) is 66.4 Å². The highest BCUT2D eigenvalue weighted by Crippen LogP contribution is 2.30. The van der Waals surface area contributed by atoms with Gasteiger partial charge in [-0.3, -0.25) is 0 Å². The molecule has 0 spiro atoms. The van der Waals surface area contributed by atoms with Gasteiger partial charge in [0.1, 0.15) is 0 Å². The molecule has 3 rings (SSSR count). The van der Waals surface area contributed by atoms with E-state index in [2.05, 4.69) is 4.72 Å². The SMILES string of the molecule is Cc1ccc(S(=O)(=O)N[C@@H](c2ccccc2)[C@@H](O)c2ccccc2)cc1. The maximum atomic E-state index is 12.8. The molecule has 2 N–H and O–H groups in total. The molecular formula is C21H21NO3S. The van der Waals surface area contributed by atoms with E-state index in [1.807, 2.05) is 43.3 Å².